The van der Waals surface area contributed by atoms with Gasteiger partial charge < -0.3 is 19.5 Å². The number of nitrogens with one attached hydrogen (secondary N) is 1. The van der Waals surface area contributed by atoms with Crippen molar-refractivity contribution < 1.29 is 23.8 Å². The number of benzene rings is 2. The fraction of sp³-hybridized carbons (Fsp3) is 0.300. The van der Waals surface area contributed by atoms with Crippen LogP contribution >= 0.6 is 11.6 Å². The molecule has 1 fully saturated rings. The molecule has 0 saturated heterocycles. The van der Waals surface area contributed by atoms with E-state index in [0.29, 0.717) is 30.3 Å². The van der Waals surface area contributed by atoms with Crippen LogP contribution in [0.1, 0.15) is 34.9 Å². The molecule has 2 aliphatic rings. The Hall–Kier alpha value is -2.73. The Morgan fingerprint density at radius 1 is 1.11 bits per heavy atom. The third-order valence-corrected chi connectivity index (χ3v) is 4.60. The Labute approximate surface area is 161 Å². The van der Waals surface area contributed by atoms with Crippen LogP contribution in [0.4, 0.5) is 0 Å². The molecule has 0 radical (unpaired) electrons. The van der Waals surface area contributed by atoms with E-state index in [9.17, 15) is 9.59 Å². The normalized spacial score (nSPS) is 16.3. The van der Waals surface area contributed by atoms with Crippen molar-refractivity contribution in [3.05, 3.63) is 58.6 Å². The lowest BCUT2D eigenvalue weighted by molar-refractivity contribution is -0.130. The molecule has 4 rings (SSSR count). The molecule has 1 heterocycles. The lowest BCUT2D eigenvalue weighted by atomic mass is 10.1. The summed E-state index contributed by atoms with van der Waals surface area (Å²) in [6.45, 7) is 0.770. The first kappa shape index (κ1) is 17.7. The number of halogens is 1. The molecule has 7 heteroatoms. The van der Waals surface area contributed by atoms with E-state index in [2.05, 4.69) is 5.32 Å². The van der Waals surface area contributed by atoms with Crippen LogP contribution < -0.4 is 14.8 Å². The van der Waals surface area contributed by atoms with Gasteiger partial charge in [0.15, 0.2) is 11.5 Å². The quantitative estimate of drug-likeness (QED) is 0.797. The van der Waals surface area contributed by atoms with E-state index >= 15 is 0 Å². The highest BCUT2D eigenvalue weighted by atomic mass is 35.5. The maximum absolute atomic E-state index is 12.7. The number of hydrogen-bond donors (Lipinski definition) is 1. The molecule has 1 amide bonds. The first-order chi connectivity index (χ1) is 13.1. The number of fused-ring (bicyclic) bond motifs is 1. The van der Waals surface area contributed by atoms with Crippen LogP contribution in [0.25, 0.3) is 0 Å². The standard InChI is InChI=1S/C20H18ClNO5/c21-15-10-13(11-16-18(15)26-9-8-25-16)20(24)27-17(12-4-2-1-3-5-12)19(23)22-14-6-7-14/h1-5,10-11,14,17H,6-9H2,(H,22,23). The van der Waals surface area contributed by atoms with E-state index in [-0.39, 0.29) is 22.5 Å². The van der Waals surface area contributed by atoms with E-state index in [1.54, 1.807) is 24.3 Å². The molecule has 0 bridgehead atoms. The van der Waals surface area contributed by atoms with Gasteiger partial charge in [0.25, 0.3) is 5.91 Å². The van der Waals surface area contributed by atoms with Crippen LogP contribution in [0.5, 0.6) is 11.5 Å². The molecule has 27 heavy (non-hydrogen) atoms. The Morgan fingerprint density at radius 3 is 2.59 bits per heavy atom. The zero-order chi connectivity index (χ0) is 18.8. The zero-order valence-corrected chi connectivity index (χ0v) is 15.2. The van der Waals surface area contributed by atoms with Crippen molar-refractivity contribution in [3.63, 3.8) is 0 Å². The molecule has 0 spiro atoms. The van der Waals surface area contributed by atoms with Crippen LogP contribution in [0.3, 0.4) is 0 Å². The molecular formula is C20H18ClNO5. The molecule has 1 aliphatic carbocycles. The van der Waals surface area contributed by atoms with Crippen LogP contribution in [-0.2, 0) is 9.53 Å². The Kier molecular flexibility index (Phi) is 4.90. The maximum Gasteiger partial charge on any atom is 0.339 e. The predicted octanol–water partition coefficient (Wildman–Crippen LogP) is 3.29. The van der Waals surface area contributed by atoms with Crippen molar-refractivity contribution in [1.82, 2.24) is 5.32 Å². The second kappa shape index (κ2) is 7.48. The molecular weight excluding hydrogens is 370 g/mol. The molecule has 0 aromatic heterocycles. The summed E-state index contributed by atoms with van der Waals surface area (Å²) in [5.74, 6) is -0.195. The van der Waals surface area contributed by atoms with Gasteiger partial charge in [-0.2, -0.15) is 0 Å². The van der Waals surface area contributed by atoms with Crippen LogP contribution in [0.15, 0.2) is 42.5 Å². The fourth-order valence-corrected chi connectivity index (χ4v) is 3.07. The van der Waals surface area contributed by atoms with E-state index in [0.717, 1.165) is 12.8 Å². The molecule has 140 valence electrons. The van der Waals surface area contributed by atoms with Crippen molar-refractivity contribution in [2.75, 3.05) is 13.2 Å². The number of rotatable bonds is 5. The van der Waals surface area contributed by atoms with E-state index in [4.69, 9.17) is 25.8 Å². The molecule has 2 aromatic carbocycles. The van der Waals surface area contributed by atoms with Crippen LogP contribution in [0, 0.1) is 0 Å². The van der Waals surface area contributed by atoms with Gasteiger partial charge in [-0.25, -0.2) is 4.79 Å². The van der Waals surface area contributed by atoms with Crippen molar-refractivity contribution in [1.29, 1.82) is 0 Å². The molecule has 2 aromatic rings. The summed E-state index contributed by atoms with van der Waals surface area (Å²) >= 11 is 6.19. The monoisotopic (exact) mass is 387 g/mol. The first-order valence-electron chi connectivity index (χ1n) is 8.77. The topological polar surface area (TPSA) is 73.9 Å². The molecule has 1 saturated carbocycles. The van der Waals surface area contributed by atoms with Crippen LogP contribution in [0.2, 0.25) is 5.02 Å². The highest BCUT2D eigenvalue weighted by molar-refractivity contribution is 6.32. The number of carbonyl (C=O) groups is 2. The summed E-state index contributed by atoms with van der Waals surface area (Å²) in [6.07, 6.45) is 0.851. The summed E-state index contributed by atoms with van der Waals surface area (Å²) in [5.41, 5.74) is 0.803. The Bertz CT molecular complexity index is 866. The second-order valence-corrected chi connectivity index (χ2v) is 6.87. The summed E-state index contributed by atoms with van der Waals surface area (Å²) in [5, 5.41) is 3.15. The third-order valence-electron chi connectivity index (χ3n) is 4.32. The average Bonchev–Trinajstić information content (AvgIpc) is 3.50. The van der Waals surface area contributed by atoms with Crippen molar-refractivity contribution in [2.24, 2.45) is 0 Å². The van der Waals surface area contributed by atoms with Crippen LogP contribution in [-0.4, -0.2) is 31.1 Å². The number of amides is 1. The minimum absolute atomic E-state index is 0.158. The average molecular weight is 388 g/mol. The minimum Gasteiger partial charge on any atom is -0.486 e. The van der Waals surface area contributed by atoms with Gasteiger partial charge in [0.1, 0.15) is 13.2 Å². The van der Waals surface area contributed by atoms with Gasteiger partial charge in [0.2, 0.25) is 6.10 Å². The molecule has 1 atom stereocenters. The summed E-state index contributed by atoms with van der Waals surface area (Å²) in [7, 11) is 0. The SMILES string of the molecule is O=C(OC(C(=O)NC1CC1)c1ccccc1)c1cc(Cl)c2c(c1)OCCO2. The van der Waals surface area contributed by atoms with Gasteiger partial charge in [-0.05, 0) is 25.0 Å². The van der Waals surface area contributed by atoms with E-state index < -0.39 is 12.1 Å². The number of esters is 1. The zero-order valence-electron chi connectivity index (χ0n) is 14.4. The van der Waals surface area contributed by atoms with Gasteiger partial charge in [-0.3, -0.25) is 4.79 Å². The number of carbonyl (C=O) groups excluding carboxylic acids is 2. The maximum atomic E-state index is 12.7. The fourth-order valence-electron chi connectivity index (χ4n) is 2.81. The predicted molar refractivity (Wildman–Crippen MR) is 98.2 cm³/mol. The third kappa shape index (κ3) is 4.01. The molecule has 6 nitrogen and oxygen atoms in total. The van der Waals surface area contributed by atoms with Crippen molar-refractivity contribution in [3.8, 4) is 11.5 Å². The van der Waals surface area contributed by atoms with Crippen molar-refractivity contribution >= 4 is 23.5 Å². The molecule has 1 aliphatic heterocycles. The van der Waals surface area contributed by atoms with E-state index in [1.807, 2.05) is 6.07 Å². The smallest absolute Gasteiger partial charge is 0.339 e. The highest BCUT2D eigenvalue weighted by Gasteiger charge is 2.31. The Balaban J connectivity index is 1.58. The van der Waals surface area contributed by atoms with Gasteiger partial charge in [0.05, 0.1) is 10.6 Å². The Morgan fingerprint density at radius 2 is 1.85 bits per heavy atom. The number of ether oxygens (including phenoxy) is 3. The van der Waals surface area contributed by atoms with Gasteiger partial charge in [0, 0.05) is 11.6 Å². The summed E-state index contributed by atoms with van der Waals surface area (Å²) in [6, 6.07) is 12.1. The summed E-state index contributed by atoms with van der Waals surface area (Å²) < 4.78 is 16.5. The lowest BCUT2D eigenvalue weighted by Gasteiger charge is -2.21. The van der Waals surface area contributed by atoms with Crippen molar-refractivity contribution in [2.45, 2.75) is 25.0 Å². The molecule has 1 N–H and O–H groups in total. The largest absolute Gasteiger partial charge is 0.486 e. The molecule has 1 unspecified atom stereocenters. The highest BCUT2D eigenvalue weighted by Crippen LogP contribution is 2.38. The minimum atomic E-state index is -1.04. The van der Waals surface area contributed by atoms with Gasteiger partial charge in [-0.15, -0.1) is 0 Å². The first-order valence-corrected chi connectivity index (χ1v) is 9.15. The second-order valence-electron chi connectivity index (χ2n) is 6.46. The number of hydrogen-bond acceptors (Lipinski definition) is 5. The summed E-state index contributed by atoms with van der Waals surface area (Å²) in [4.78, 5) is 25.3. The van der Waals surface area contributed by atoms with Gasteiger partial charge in [-0.1, -0.05) is 41.9 Å². The van der Waals surface area contributed by atoms with Gasteiger partial charge >= 0.3 is 5.97 Å². The van der Waals surface area contributed by atoms with E-state index in [1.165, 1.54) is 12.1 Å². The lowest BCUT2D eigenvalue weighted by Crippen LogP contribution is -2.33.